The first-order chi connectivity index (χ1) is 19.1. The summed E-state index contributed by atoms with van der Waals surface area (Å²) < 4.78 is 11.7. The van der Waals surface area contributed by atoms with Gasteiger partial charge < -0.3 is 13.9 Å². The molecule has 9 heteroatoms. The Morgan fingerprint density at radius 2 is 1.10 bits per heavy atom. The lowest BCUT2D eigenvalue weighted by atomic mass is 10.1. The highest BCUT2D eigenvalue weighted by atomic mass is 32.1. The van der Waals surface area contributed by atoms with E-state index >= 15 is 0 Å². The average molecular weight is 555 g/mol. The maximum absolute atomic E-state index is 12.7. The zero-order valence-electron chi connectivity index (χ0n) is 21.6. The minimum atomic E-state index is -0.433. The van der Waals surface area contributed by atoms with Crippen LogP contribution in [0.3, 0.4) is 0 Å². The SMILES string of the molecule is CCn1c(=NC(=O)COCC(=O)N=c2sc3c4ccccc4ccc3n2CC)sc2c3ccccc3ccc21. The van der Waals surface area contributed by atoms with Crippen molar-refractivity contribution in [3.05, 3.63) is 82.4 Å². The van der Waals surface area contributed by atoms with Gasteiger partial charge in [-0.3, -0.25) is 9.59 Å². The molecule has 6 rings (SSSR count). The van der Waals surface area contributed by atoms with E-state index in [0.29, 0.717) is 22.7 Å². The Kier molecular flexibility index (Phi) is 6.95. The van der Waals surface area contributed by atoms with E-state index in [4.69, 9.17) is 4.74 Å². The van der Waals surface area contributed by atoms with Crippen LogP contribution in [0.1, 0.15) is 13.8 Å². The Morgan fingerprint density at radius 3 is 1.54 bits per heavy atom. The molecule has 0 aliphatic carbocycles. The van der Waals surface area contributed by atoms with Crippen LogP contribution in [-0.2, 0) is 27.4 Å². The highest BCUT2D eigenvalue weighted by Crippen LogP contribution is 2.28. The standard InChI is InChI=1S/C30H26N4O3S2/c1-3-33-23-15-13-19-9-5-7-11-21(19)27(23)38-29(33)31-25(35)17-37-18-26(36)32-30-34(4-2)24-16-14-20-10-6-8-12-22(20)28(24)39-30/h5-16H,3-4,17-18H2,1-2H3. The maximum Gasteiger partial charge on any atom is 0.274 e. The molecule has 0 aliphatic heterocycles. The summed E-state index contributed by atoms with van der Waals surface area (Å²) >= 11 is 2.98. The second kappa shape index (κ2) is 10.7. The smallest absolute Gasteiger partial charge is 0.274 e. The zero-order valence-corrected chi connectivity index (χ0v) is 23.2. The summed E-state index contributed by atoms with van der Waals surface area (Å²) in [4.78, 5) is 35.2. The Balaban J connectivity index is 1.21. The molecule has 2 amide bonds. The normalized spacial score (nSPS) is 12.9. The van der Waals surface area contributed by atoms with Crippen molar-refractivity contribution in [3.63, 3.8) is 0 Å². The van der Waals surface area contributed by atoms with Crippen molar-refractivity contribution in [3.8, 4) is 0 Å². The maximum atomic E-state index is 12.7. The fourth-order valence-corrected chi connectivity index (χ4v) is 7.38. The van der Waals surface area contributed by atoms with Gasteiger partial charge in [-0.1, -0.05) is 83.3 Å². The number of ether oxygens (including phenoxy) is 1. The minimum Gasteiger partial charge on any atom is -0.362 e. The molecule has 0 radical (unpaired) electrons. The van der Waals surface area contributed by atoms with Crippen LogP contribution in [0.4, 0.5) is 0 Å². The monoisotopic (exact) mass is 554 g/mol. The van der Waals surface area contributed by atoms with Gasteiger partial charge in [0.25, 0.3) is 11.8 Å². The summed E-state index contributed by atoms with van der Waals surface area (Å²) in [7, 11) is 0. The summed E-state index contributed by atoms with van der Waals surface area (Å²) in [6.07, 6.45) is 0. The fourth-order valence-electron chi connectivity index (χ4n) is 4.88. The first-order valence-corrected chi connectivity index (χ1v) is 14.5. The van der Waals surface area contributed by atoms with Gasteiger partial charge in [0, 0.05) is 23.9 Å². The van der Waals surface area contributed by atoms with Crippen LogP contribution in [0.15, 0.2) is 82.8 Å². The topological polar surface area (TPSA) is 78.0 Å². The molecule has 0 saturated heterocycles. The fraction of sp³-hybridized carbons (Fsp3) is 0.200. The Labute approximate surface area is 232 Å². The third kappa shape index (κ3) is 4.73. The second-order valence-electron chi connectivity index (χ2n) is 9.03. The Hall–Kier alpha value is -3.92. The van der Waals surface area contributed by atoms with Gasteiger partial charge in [-0.2, -0.15) is 9.98 Å². The van der Waals surface area contributed by atoms with E-state index < -0.39 is 11.8 Å². The summed E-state index contributed by atoms with van der Waals surface area (Å²) in [6.45, 7) is 4.85. The molecule has 0 N–H and O–H groups in total. The first kappa shape index (κ1) is 25.4. The van der Waals surface area contributed by atoms with E-state index in [-0.39, 0.29) is 13.2 Å². The van der Waals surface area contributed by atoms with E-state index in [0.717, 1.165) is 42.0 Å². The van der Waals surface area contributed by atoms with Crippen molar-refractivity contribution in [2.24, 2.45) is 9.98 Å². The number of nitrogens with zero attached hydrogens (tertiary/aromatic N) is 4. The molecule has 7 nitrogen and oxygen atoms in total. The van der Waals surface area contributed by atoms with Crippen LogP contribution in [0, 0.1) is 0 Å². The number of amides is 2. The number of benzene rings is 4. The number of carbonyl (C=O) groups is 2. The predicted molar refractivity (Wildman–Crippen MR) is 158 cm³/mol. The first-order valence-electron chi connectivity index (χ1n) is 12.8. The van der Waals surface area contributed by atoms with Gasteiger partial charge in [0.15, 0.2) is 9.60 Å². The number of aryl methyl sites for hydroxylation is 2. The molecule has 0 spiro atoms. The quantitative estimate of drug-likeness (QED) is 0.268. The Morgan fingerprint density at radius 1 is 0.667 bits per heavy atom. The molecular weight excluding hydrogens is 528 g/mol. The largest absolute Gasteiger partial charge is 0.362 e. The summed E-state index contributed by atoms with van der Waals surface area (Å²) in [5.74, 6) is -0.865. The van der Waals surface area contributed by atoms with Gasteiger partial charge in [-0.05, 0) is 36.8 Å². The molecule has 2 aromatic heterocycles. The summed E-state index contributed by atoms with van der Waals surface area (Å²) in [5.41, 5.74) is 2.09. The van der Waals surface area contributed by atoms with E-state index in [9.17, 15) is 9.59 Å². The number of aromatic nitrogens is 2. The van der Waals surface area contributed by atoms with Crippen LogP contribution in [0.25, 0.3) is 42.0 Å². The molecule has 0 saturated carbocycles. The lowest BCUT2D eigenvalue weighted by Crippen LogP contribution is -2.20. The number of thiazole rings is 2. The summed E-state index contributed by atoms with van der Waals surface area (Å²) in [6, 6.07) is 24.7. The molecule has 0 aliphatic rings. The molecule has 0 unspecified atom stereocenters. The summed E-state index contributed by atoms with van der Waals surface area (Å²) in [5, 5.41) is 4.57. The number of rotatable bonds is 6. The van der Waals surface area contributed by atoms with Crippen LogP contribution in [0.5, 0.6) is 0 Å². The van der Waals surface area contributed by atoms with Gasteiger partial charge in [0.1, 0.15) is 13.2 Å². The van der Waals surface area contributed by atoms with E-state index in [1.54, 1.807) is 0 Å². The van der Waals surface area contributed by atoms with Crippen LogP contribution in [-0.4, -0.2) is 34.2 Å². The molecule has 196 valence electrons. The molecule has 4 aromatic carbocycles. The lowest BCUT2D eigenvalue weighted by Gasteiger charge is -2.02. The average Bonchev–Trinajstić information content (AvgIpc) is 3.49. The van der Waals surface area contributed by atoms with E-state index in [1.165, 1.54) is 22.7 Å². The number of carbonyl (C=O) groups excluding carboxylic acids is 2. The number of hydrogen-bond donors (Lipinski definition) is 0. The van der Waals surface area contributed by atoms with Crippen LogP contribution >= 0.6 is 22.7 Å². The number of fused-ring (bicyclic) bond motifs is 6. The molecule has 0 bridgehead atoms. The molecule has 0 atom stereocenters. The van der Waals surface area contributed by atoms with Crippen molar-refractivity contribution >= 4 is 76.5 Å². The van der Waals surface area contributed by atoms with Gasteiger partial charge in [-0.25, -0.2) is 0 Å². The van der Waals surface area contributed by atoms with Crippen molar-refractivity contribution < 1.29 is 14.3 Å². The zero-order chi connectivity index (χ0) is 26.9. The lowest BCUT2D eigenvalue weighted by molar-refractivity contribution is -0.127. The third-order valence-electron chi connectivity index (χ3n) is 6.67. The van der Waals surface area contributed by atoms with Gasteiger partial charge in [0.05, 0.1) is 20.4 Å². The molecule has 6 aromatic rings. The van der Waals surface area contributed by atoms with Crippen molar-refractivity contribution in [2.75, 3.05) is 13.2 Å². The molecule has 39 heavy (non-hydrogen) atoms. The molecule has 0 fully saturated rings. The van der Waals surface area contributed by atoms with Gasteiger partial charge in [-0.15, -0.1) is 0 Å². The van der Waals surface area contributed by atoms with E-state index in [1.807, 2.05) is 47.2 Å². The van der Waals surface area contributed by atoms with E-state index in [2.05, 4.69) is 58.5 Å². The molecule has 2 heterocycles. The van der Waals surface area contributed by atoms with Crippen molar-refractivity contribution in [1.82, 2.24) is 9.13 Å². The highest BCUT2D eigenvalue weighted by Gasteiger charge is 2.12. The number of hydrogen-bond acceptors (Lipinski definition) is 5. The third-order valence-corrected chi connectivity index (χ3v) is 8.93. The van der Waals surface area contributed by atoms with Crippen LogP contribution < -0.4 is 9.60 Å². The van der Waals surface area contributed by atoms with Gasteiger partial charge in [0.2, 0.25) is 0 Å². The molecular formula is C30H26N4O3S2. The van der Waals surface area contributed by atoms with Crippen molar-refractivity contribution in [2.45, 2.75) is 26.9 Å². The second-order valence-corrected chi connectivity index (χ2v) is 11.0. The minimum absolute atomic E-state index is 0.287. The van der Waals surface area contributed by atoms with Gasteiger partial charge >= 0.3 is 0 Å². The predicted octanol–water partition coefficient (Wildman–Crippen LogP) is 5.64. The Bertz CT molecular complexity index is 1880. The highest BCUT2D eigenvalue weighted by molar-refractivity contribution is 7.17. The van der Waals surface area contributed by atoms with Crippen LogP contribution in [0.2, 0.25) is 0 Å². The van der Waals surface area contributed by atoms with Crippen molar-refractivity contribution in [1.29, 1.82) is 0 Å².